The molecule has 0 amide bonds. The van der Waals surface area contributed by atoms with Crippen LogP contribution < -0.4 is 10.5 Å². The smallest absolute Gasteiger partial charge is 0.125 e. The molecule has 0 aliphatic carbocycles. The van der Waals surface area contributed by atoms with Gasteiger partial charge in [-0.05, 0) is 18.6 Å². The predicted octanol–water partition coefficient (Wildman–Crippen LogP) is 1.65. The van der Waals surface area contributed by atoms with Gasteiger partial charge >= 0.3 is 0 Å². The number of aryl methyl sites for hydroxylation is 1. The molecule has 14 heavy (non-hydrogen) atoms. The molecule has 0 aromatic heterocycles. The number of aliphatic hydroxyl groups excluding tert-OH is 1. The highest BCUT2D eigenvalue weighted by atomic mass is 35.5. The normalized spacial score (nSPS) is 12.6. The van der Waals surface area contributed by atoms with Gasteiger partial charge in [-0.1, -0.05) is 17.7 Å². The lowest BCUT2D eigenvalue weighted by atomic mass is 10.0. The van der Waals surface area contributed by atoms with Crippen LogP contribution in [0.1, 0.15) is 17.2 Å². The maximum absolute atomic E-state index is 8.98. The SMILES string of the molecule is COc1ccc(C)c(Cl)c1C(N)CO. The quantitative estimate of drug-likeness (QED) is 0.806. The topological polar surface area (TPSA) is 55.5 Å². The molecule has 1 aromatic carbocycles. The van der Waals surface area contributed by atoms with Crippen LogP contribution in [0, 0.1) is 6.92 Å². The van der Waals surface area contributed by atoms with E-state index in [-0.39, 0.29) is 6.61 Å². The molecule has 1 atom stereocenters. The van der Waals surface area contributed by atoms with Gasteiger partial charge in [0.05, 0.1) is 24.8 Å². The van der Waals surface area contributed by atoms with Crippen LogP contribution in [0.3, 0.4) is 0 Å². The maximum Gasteiger partial charge on any atom is 0.125 e. The Morgan fingerprint density at radius 3 is 2.71 bits per heavy atom. The van der Waals surface area contributed by atoms with Crippen LogP contribution >= 0.6 is 11.6 Å². The monoisotopic (exact) mass is 215 g/mol. The third-order valence-corrected chi connectivity index (χ3v) is 2.62. The van der Waals surface area contributed by atoms with E-state index in [1.54, 1.807) is 13.2 Å². The van der Waals surface area contributed by atoms with Gasteiger partial charge in [-0.3, -0.25) is 0 Å². The molecule has 3 nitrogen and oxygen atoms in total. The lowest BCUT2D eigenvalue weighted by Crippen LogP contribution is -2.16. The van der Waals surface area contributed by atoms with Crippen LogP contribution in [0.4, 0.5) is 0 Å². The van der Waals surface area contributed by atoms with Crippen molar-refractivity contribution in [3.63, 3.8) is 0 Å². The van der Waals surface area contributed by atoms with Crippen molar-refractivity contribution >= 4 is 11.6 Å². The van der Waals surface area contributed by atoms with E-state index in [9.17, 15) is 0 Å². The van der Waals surface area contributed by atoms with Gasteiger partial charge in [0.25, 0.3) is 0 Å². The standard InChI is InChI=1S/C10H14ClNO2/c1-6-3-4-8(14-2)9(10(6)11)7(12)5-13/h3-4,7,13H,5,12H2,1-2H3. The lowest BCUT2D eigenvalue weighted by Gasteiger charge is -2.16. The maximum atomic E-state index is 8.98. The van der Waals surface area contributed by atoms with Crippen molar-refractivity contribution in [3.8, 4) is 5.75 Å². The fourth-order valence-electron chi connectivity index (χ4n) is 1.30. The number of hydrogen-bond donors (Lipinski definition) is 2. The molecule has 0 aliphatic rings. The number of aliphatic hydroxyl groups is 1. The van der Waals surface area contributed by atoms with Crippen molar-refractivity contribution in [2.45, 2.75) is 13.0 Å². The number of nitrogens with two attached hydrogens (primary N) is 1. The molecule has 0 bridgehead atoms. The predicted molar refractivity (Wildman–Crippen MR) is 56.8 cm³/mol. The Balaban J connectivity index is 3.27. The number of benzene rings is 1. The number of hydrogen-bond acceptors (Lipinski definition) is 3. The van der Waals surface area contributed by atoms with Crippen molar-refractivity contribution in [1.82, 2.24) is 0 Å². The number of rotatable bonds is 3. The average Bonchev–Trinajstić information content (AvgIpc) is 2.20. The van der Waals surface area contributed by atoms with E-state index in [1.807, 2.05) is 13.0 Å². The van der Waals surface area contributed by atoms with E-state index in [2.05, 4.69) is 0 Å². The Kier molecular flexibility index (Phi) is 3.75. The molecule has 0 spiro atoms. The van der Waals surface area contributed by atoms with Crippen molar-refractivity contribution < 1.29 is 9.84 Å². The molecule has 0 aliphatic heterocycles. The summed E-state index contributed by atoms with van der Waals surface area (Å²) in [5.41, 5.74) is 7.31. The Morgan fingerprint density at radius 2 is 2.21 bits per heavy atom. The van der Waals surface area contributed by atoms with Crippen molar-refractivity contribution in [2.24, 2.45) is 5.73 Å². The molecule has 0 saturated heterocycles. The zero-order valence-electron chi connectivity index (χ0n) is 8.25. The van der Waals surface area contributed by atoms with E-state index >= 15 is 0 Å². The zero-order valence-corrected chi connectivity index (χ0v) is 9.01. The third-order valence-electron chi connectivity index (χ3n) is 2.12. The first kappa shape index (κ1) is 11.3. The minimum atomic E-state index is -0.502. The van der Waals surface area contributed by atoms with Gasteiger partial charge in [-0.15, -0.1) is 0 Å². The first-order chi connectivity index (χ1) is 6.61. The summed E-state index contributed by atoms with van der Waals surface area (Å²) < 4.78 is 5.13. The van der Waals surface area contributed by atoms with E-state index in [1.165, 1.54) is 0 Å². The second-order valence-corrected chi connectivity index (χ2v) is 3.48. The molecular formula is C10H14ClNO2. The fourth-order valence-corrected chi connectivity index (χ4v) is 1.60. The van der Waals surface area contributed by atoms with E-state index in [0.29, 0.717) is 16.3 Å². The van der Waals surface area contributed by atoms with Gasteiger partial charge in [-0.2, -0.15) is 0 Å². The summed E-state index contributed by atoms with van der Waals surface area (Å²) in [4.78, 5) is 0. The summed E-state index contributed by atoms with van der Waals surface area (Å²) in [6.45, 7) is 1.73. The summed E-state index contributed by atoms with van der Waals surface area (Å²) >= 11 is 6.08. The van der Waals surface area contributed by atoms with Gasteiger partial charge in [0.2, 0.25) is 0 Å². The van der Waals surface area contributed by atoms with Crippen LogP contribution in [0.5, 0.6) is 5.75 Å². The molecule has 0 saturated carbocycles. The fraction of sp³-hybridized carbons (Fsp3) is 0.400. The van der Waals surface area contributed by atoms with Crippen molar-refractivity contribution in [1.29, 1.82) is 0 Å². The largest absolute Gasteiger partial charge is 0.496 e. The highest BCUT2D eigenvalue weighted by Gasteiger charge is 2.16. The van der Waals surface area contributed by atoms with Gasteiger partial charge in [0, 0.05) is 5.56 Å². The summed E-state index contributed by atoms with van der Waals surface area (Å²) in [5, 5.41) is 9.55. The number of methoxy groups -OCH3 is 1. The Bertz CT molecular complexity index is 328. The molecule has 1 unspecified atom stereocenters. The van der Waals surface area contributed by atoms with E-state index in [4.69, 9.17) is 27.2 Å². The van der Waals surface area contributed by atoms with Gasteiger partial charge in [0.15, 0.2) is 0 Å². The summed E-state index contributed by atoms with van der Waals surface area (Å²) in [6, 6.07) is 3.15. The van der Waals surface area contributed by atoms with Gasteiger partial charge < -0.3 is 15.6 Å². The second kappa shape index (κ2) is 4.64. The first-order valence-corrected chi connectivity index (χ1v) is 4.69. The first-order valence-electron chi connectivity index (χ1n) is 4.31. The minimum Gasteiger partial charge on any atom is -0.496 e. The Labute approximate surface area is 88.4 Å². The van der Waals surface area contributed by atoms with E-state index < -0.39 is 6.04 Å². The summed E-state index contributed by atoms with van der Waals surface area (Å²) in [7, 11) is 1.55. The van der Waals surface area contributed by atoms with Crippen LogP contribution in [-0.4, -0.2) is 18.8 Å². The number of ether oxygens (including phenoxy) is 1. The second-order valence-electron chi connectivity index (χ2n) is 3.10. The van der Waals surface area contributed by atoms with Crippen LogP contribution in [0.25, 0.3) is 0 Å². The zero-order chi connectivity index (χ0) is 10.7. The minimum absolute atomic E-state index is 0.153. The van der Waals surface area contributed by atoms with Crippen molar-refractivity contribution in [3.05, 3.63) is 28.3 Å². The van der Waals surface area contributed by atoms with Gasteiger partial charge in [0.1, 0.15) is 5.75 Å². The summed E-state index contributed by atoms with van der Waals surface area (Å²) in [5.74, 6) is 0.613. The van der Waals surface area contributed by atoms with Crippen LogP contribution in [0.2, 0.25) is 5.02 Å². The molecule has 78 valence electrons. The van der Waals surface area contributed by atoms with Crippen molar-refractivity contribution in [2.75, 3.05) is 13.7 Å². The lowest BCUT2D eigenvalue weighted by molar-refractivity contribution is 0.264. The van der Waals surface area contributed by atoms with Gasteiger partial charge in [-0.25, -0.2) is 0 Å². The van der Waals surface area contributed by atoms with Crippen LogP contribution in [0.15, 0.2) is 12.1 Å². The number of halogens is 1. The molecule has 4 heteroatoms. The molecule has 0 fully saturated rings. The van der Waals surface area contributed by atoms with Crippen LogP contribution in [-0.2, 0) is 0 Å². The average molecular weight is 216 g/mol. The molecular weight excluding hydrogens is 202 g/mol. The molecule has 1 rings (SSSR count). The molecule has 0 heterocycles. The Morgan fingerprint density at radius 1 is 1.57 bits per heavy atom. The highest BCUT2D eigenvalue weighted by molar-refractivity contribution is 6.32. The summed E-state index contributed by atoms with van der Waals surface area (Å²) in [6.07, 6.45) is 0. The van der Waals surface area contributed by atoms with E-state index in [0.717, 1.165) is 5.56 Å². The Hall–Kier alpha value is -0.770. The molecule has 0 radical (unpaired) electrons. The molecule has 3 N–H and O–H groups in total. The molecule has 1 aromatic rings. The highest BCUT2D eigenvalue weighted by Crippen LogP contribution is 2.33. The third kappa shape index (κ3) is 2.00.